The number of nitrogens with one attached hydrogen (secondary N) is 1. The summed E-state index contributed by atoms with van der Waals surface area (Å²) in [5, 5.41) is 3.60. The van der Waals surface area contributed by atoms with Crippen LogP contribution < -0.4 is 10.2 Å². The van der Waals surface area contributed by atoms with Crippen molar-refractivity contribution in [2.45, 2.75) is 6.54 Å². The molecule has 0 saturated carbocycles. The zero-order valence-electron chi connectivity index (χ0n) is 17.2. The lowest BCUT2D eigenvalue weighted by Gasteiger charge is -2.22. The van der Waals surface area contributed by atoms with Gasteiger partial charge < -0.3 is 10.2 Å². The highest BCUT2D eigenvalue weighted by Crippen LogP contribution is 2.23. The van der Waals surface area contributed by atoms with Gasteiger partial charge >= 0.3 is 0 Å². The third-order valence-corrected chi connectivity index (χ3v) is 5.09. The van der Waals surface area contributed by atoms with Gasteiger partial charge in [0.2, 0.25) is 0 Å². The molecule has 0 bridgehead atoms. The van der Waals surface area contributed by atoms with Crippen LogP contribution in [0.2, 0.25) is 10.0 Å². The monoisotopic (exact) mass is 477 g/mol. The van der Waals surface area contributed by atoms with Crippen molar-refractivity contribution in [2.24, 2.45) is 0 Å². The summed E-state index contributed by atoms with van der Waals surface area (Å²) in [5.74, 6) is -0.724. The topological polar surface area (TPSA) is 88.1 Å². The van der Waals surface area contributed by atoms with Crippen molar-refractivity contribution in [3.8, 4) is 0 Å². The van der Waals surface area contributed by atoms with Crippen molar-refractivity contribution in [2.75, 3.05) is 10.2 Å². The third kappa shape index (κ3) is 5.71. The first-order chi connectivity index (χ1) is 16.0. The molecule has 33 heavy (non-hydrogen) atoms. The maximum atomic E-state index is 13.3. The number of nitrogens with zero attached hydrogens (tertiary/aromatic N) is 4. The summed E-state index contributed by atoms with van der Waals surface area (Å²) in [6.07, 6.45) is 4.61. The molecular formula is C24H17Cl2N5O2. The Hall–Kier alpha value is -3.81. The predicted octanol–water partition coefficient (Wildman–Crippen LogP) is 5.28. The first kappa shape index (κ1) is 22.4. The van der Waals surface area contributed by atoms with Gasteiger partial charge in [-0.05, 0) is 60.7 Å². The molecule has 0 aliphatic carbocycles. The molecule has 0 atom stereocenters. The van der Waals surface area contributed by atoms with Gasteiger partial charge in [0.1, 0.15) is 11.4 Å². The largest absolute Gasteiger partial charge is 0.321 e. The molecule has 164 valence electrons. The molecule has 0 aliphatic heterocycles. The van der Waals surface area contributed by atoms with Gasteiger partial charge in [-0.1, -0.05) is 29.3 Å². The number of rotatable bonds is 6. The Labute approximate surface area is 200 Å². The number of hydrogen-bond donors (Lipinski definition) is 1. The lowest BCUT2D eigenvalue weighted by atomic mass is 10.2. The molecule has 4 aromatic rings. The Morgan fingerprint density at radius 1 is 0.788 bits per heavy atom. The van der Waals surface area contributed by atoms with E-state index in [4.69, 9.17) is 23.2 Å². The molecule has 0 spiro atoms. The van der Waals surface area contributed by atoms with Crippen LogP contribution >= 0.6 is 23.2 Å². The summed E-state index contributed by atoms with van der Waals surface area (Å²) in [6.45, 7) is 0.228. The maximum Gasteiger partial charge on any atom is 0.277 e. The van der Waals surface area contributed by atoms with E-state index >= 15 is 0 Å². The van der Waals surface area contributed by atoms with E-state index in [0.717, 1.165) is 0 Å². The maximum absolute atomic E-state index is 13.3. The van der Waals surface area contributed by atoms with Crippen LogP contribution in [0.4, 0.5) is 11.4 Å². The van der Waals surface area contributed by atoms with Crippen LogP contribution in [-0.4, -0.2) is 26.8 Å². The molecule has 3 aromatic heterocycles. The summed E-state index contributed by atoms with van der Waals surface area (Å²) in [7, 11) is 0. The number of pyridine rings is 3. The zero-order chi connectivity index (χ0) is 23.2. The van der Waals surface area contributed by atoms with Crippen LogP contribution in [0.5, 0.6) is 0 Å². The van der Waals surface area contributed by atoms with E-state index in [1.807, 2.05) is 12.1 Å². The molecule has 0 saturated heterocycles. The third-order valence-electron chi connectivity index (χ3n) is 4.62. The summed E-state index contributed by atoms with van der Waals surface area (Å²) >= 11 is 12.0. The van der Waals surface area contributed by atoms with Crippen molar-refractivity contribution in [3.63, 3.8) is 0 Å². The van der Waals surface area contributed by atoms with Crippen molar-refractivity contribution in [1.29, 1.82) is 0 Å². The van der Waals surface area contributed by atoms with E-state index in [1.165, 1.54) is 24.5 Å². The quantitative estimate of drug-likeness (QED) is 0.408. The first-order valence-corrected chi connectivity index (χ1v) is 10.6. The number of benzene rings is 1. The Bertz CT molecular complexity index is 1280. The van der Waals surface area contributed by atoms with Gasteiger partial charge in [0, 0.05) is 40.0 Å². The SMILES string of the molecule is O=C(Nc1ccc(N(Cc2ccccn2)C(=O)c2cc(Cl)ccn2)cc1)c1cc(Cl)ccn1. The molecule has 0 fully saturated rings. The van der Waals surface area contributed by atoms with Crippen molar-refractivity contribution in [1.82, 2.24) is 15.0 Å². The fourth-order valence-corrected chi connectivity index (χ4v) is 3.36. The molecule has 1 aromatic carbocycles. The van der Waals surface area contributed by atoms with Gasteiger partial charge in [0.25, 0.3) is 11.8 Å². The standard InChI is InChI=1S/C24H17Cl2N5O2/c25-16-8-11-28-21(13-16)23(32)30-18-4-6-20(7-5-18)31(15-19-3-1-2-10-27-19)24(33)22-14-17(26)9-12-29-22/h1-14H,15H2,(H,30,32). The van der Waals surface area contributed by atoms with Crippen molar-refractivity contribution >= 4 is 46.4 Å². The van der Waals surface area contributed by atoms with Crippen molar-refractivity contribution in [3.05, 3.63) is 112 Å². The number of amides is 2. The molecule has 3 heterocycles. The highest BCUT2D eigenvalue weighted by Gasteiger charge is 2.20. The van der Waals surface area contributed by atoms with Gasteiger partial charge in [-0.15, -0.1) is 0 Å². The smallest absolute Gasteiger partial charge is 0.277 e. The second-order valence-electron chi connectivity index (χ2n) is 6.93. The highest BCUT2D eigenvalue weighted by atomic mass is 35.5. The van der Waals surface area contributed by atoms with E-state index in [-0.39, 0.29) is 23.8 Å². The lowest BCUT2D eigenvalue weighted by Crippen LogP contribution is -2.31. The van der Waals surface area contributed by atoms with E-state index in [0.29, 0.717) is 27.1 Å². The normalized spacial score (nSPS) is 10.5. The highest BCUT2D eigenvalue weighted by molar-refractivity contribution is 6.31. The summed E-state index contributed by atoms with van der Waals surface area (Å²) in [5.41, 5.74) is 2.26. The number of aromatic nitrogens is 3. The fraction of sp³-hybridized carbons (Fsp3) is 0.0417. The van der Waals surface area contributed by atoms with E-state index in [1.54, 1.807) is 53.6 Å². The van der Waals surface area contributed by atoms with Gasteiger partial charge in [-0.3, -0.25) is 24.5 Å². The van der Waals surface area contributed by atoms with Crippen LogP contribution in [0.15, 0.2) is 85.3 Å². The molecule has 2 amide bonds. The minimum absolute atomic E-state index is 0.200. The minimum Gasteiger partial charge on any atom is -0.321 e. The molecule has 0 unspecified atom stereocenters. The lowest BCUT2D eigenvalue weighted by molar-refractivity contribution is 0.0978. The van der Waals surface area contributed by atoms with Crippen molar-refractivity contribution < 1.29 is 9.59 Å². The van der Waals surface area contributed by atoms with Gasteiger partial charge in [0.15, 0.2) is 0 Å². The average Bonchev–Trinajstić information content (AvgIpc) is 2.83. The van der Waals surface area contributed by atoms with E-state index in [2.05, 4.69) is 20.3 Å². The van der Waals surface area contributed by atoms with Crippen LogP contribution in [0.1, 0.15) is 26.7 Å². The number of carbonyl (C=O) groups is 2. The summed E-state index contributed by atoms with van der Waals surface area (Å²) in [6, 6.07) is 18.5. The number of halogens is 2. The van der Waals surface area contributed by atoms with Crippen LogP contribution in [-0.2, 0) is 6.54 Å². The minimum atomic E-state index is -0.394. The first-order valence-electron chi connectivity index (χ1n) is 9.86. The molecule has 1 N–H and O–H groups in total. The van der Waals surface area contributed by atoms with Gasteiger partial charge in [-0.2, -0.15) is 0 Å². The molecule has 0 radical (unpaired) electrons. The fourth-order valence-electron chi connectivity index (χ4n) is 3.04. The Morgan fingerprint density at radius 2 is 1.45 bits per heavy atom. The second kappa shape index (κ2) is 10.2. The Balaban J connectivity index is 1.58. The molecular weight excluding hydrogens is 461 g/mol. The van der Waals surface area contributed by atoms with Crippen LogP contribution in [0.3, 0.4) is 0 Å². The summed E-state index contributed by atoms with van der Waals surface area (Å²) < 4.78 is 0. The zero-order valence-corrected chi connectivity index (χ0v) is 18.7. The average molecular weight is 478 g/mol. The van der Waals surface area contributed by atoms with Gasteiger partial charge in [0.05, 0.1) is 12.2 Å². The Kier molecular flexibility index (Phi) is 6.92. The Morgan fingerprint density at radius 3 is 2.09 bits per heavy atom. The summed E-state index contributed by atoms with van der Waals surface area (Å²) in [4.78, 5) is 39.7. The number of anilines is 2. The van der Waals surface area contributed by atoms with E-state index < -0.39 is 5.91 Å². The molecule has 4 rings (SSSR count). The predicted molar refractivity (Wildman–Crippen MR) is 128 cm³/mol. The van der Waals surface area contributed by atoms with Crippen LogP contribution in [0, 0.1) is 0 Å². The van der Waals surface area contributed by atoms with E-state index in [9.17, 15) is 9.59 Å². The molecule has 9 heteroatoms. The van der Waals surface area contributed by atoms with Crippen LogP contribution in [0.25, 0.3) is 0 Å². The molecule has 0 aliphatic rings. The van der Waals surface area contributed by atoms with Gasteiger partial charge in [-0.25, -0.2) is 0 Å². The number of carbonyl (C=O) groups excluding carboxylic acids is 2. The number of hydrogen-bond acceptors (Lipinski definition) is 5. The molecule has 7 nitrogen and oxygen atoms in total. The second-order valence-corrected chi connectivity index (χ2v) is 7.80.